The Morgan fingerprint density at radius 1 is 1.26 bits per heavy atom. The van der Waals surface area contributed by atoms with Gasteiger partial charge < -0.3 is 14.9 Å². The van der Waals surface area contributed by atoms with Crippen LogP contribution in [0.25, 0.3) is 28.2 Å². The van der Waals surface area contributed by atoms with Crippen LogP contribution in [-0.4, -0.2) is 36.5 Å². The molecule has 1 aromatic carbocycles. The number of carbonyl (C=O) groups excluding carboxylic acids is 1. The maximum absolute atomic E-state index is 14.2. The van der Waals surface area contributed by atoms with Crippen molar-refractivity contribution in [3.8, 4) is 17.1 Å². The molecule has 9 heteroatoms. The zero-order valence-electron chi connectivity index (χ0n) is 17.6. The molecule has 0 spiro atoms. The normalized spacial score (nSPS) is 12.8. The number of H-pyrrole nitrogens is 1. The first kappa shape index (κ1) is 21.0. The van der Waals surface area contributed by atoms with Crippen LogP contribution < -0.4 is 5.32 Å². The van der Waals surface area contributed by atoms with Crippen molar-refractivity contribution in [2.75, 3.05) is 0 Å². The average Bonchev–Trinajstić information content (AvgIpc) is 3.35. The van der Waals surface area contributed by atoms with E-state index in [-0.39, 0.29) is 23.1 Å². The van der Waals surface area contributed by atoms with E-state index in [1.165, 1.54) is 29.1 Å². The van der Waals surface area contributed by atoms with Gasteiger partial charge in [-0.15, -0.1) is 0 Å². The molecule has 4 rings (SSSR count). The number of hydrogen-bond donors (Lipinski definition) is 2. The summed E-state index contributed by atoms with van der Waals surface area (Å²) in [7, 11) is 0. The molecule has 0 aliphatic carbocycles. The first-order valence-electron chi connectivity index (χ1n) is 9.78. The predicted molar refractivity (Wildman–Crippen MR) is 118 cm³/mol. The van der Waals surface area contributed by atoms with Crippen LogP contribution in [0.5, 0.6) is 0 Å². The van der Waals surface area contributed by atoms with Gasteiger partial charge in [-0.05, 0) is 30.5 Å². The first-order chi connectivity index (χ1) is 14.6. The summed E-state index contributed by atoms with van der Waals surface area (Å²) in [5, 5.41) is 3.43. The van der Waals surface area contributed by atoms with Crippen molar-refractivity contribution in [1.82, 2.24) is 29.8 Å². The number of nitrogens with zero attached hydrogens (tertiary/aromatic N) is 4. The number of carbonyl (C=O) groups is 1. The number of benzene rings is 1. The van der Waals surface area contributed by atoms with Gasteiger partial charge in [-0.3, -0.25) is 4.79 Å². The van der Waals surface area contributed by atoms with Gasteiger partial charge in [0.1, 0.15) is 29.0 Å². The zero-order chi connectivity index (χ0) is 22.3. The van der Waals surface area contributed by atoms with Crippen molar-refractivity contribution in [2.45, 2.75) is 33.7 Å². The van der Waals surface area contributed by atoms with Crippen LogP contribution in [0.4, 0.5) is 4.39 Å². The maximum Gasteiger partial charge on any atom is 0.255 e. The van der Waals surface area contributed by atoms with Crippen molar-refractivity contribution in [2.24, 2.45) is 5.41 Å². The molecule has 0 fully saturated rings. The van der Waals surface area contributed by atoms with E-state index in [1.807, 2.05) is 6.92 Å². The topological polar surface area (TPSA) is 88.5 Å². The third-order valence-electron chi connectivity index (χ3n) is 5.30. The molecule has 0 saturated carbocycles. The summed E-state index contributed by atoms with van der Waals surface area (Å²) in [4.78, 5) is 29.1. The largest absolute Gasteiger partial charge is 0.349 e. The van der Waals surface area contributed by atoms with Crippen molar-refractivity contribution in [3.05, 3.63) is 59.5 Å². The number of aromatic amines is 1. The lowest BCUT2D eigenvalue weighted by molar-refractivity contribution is 0.0911. The second kappa shape index (κ2) is 7.77. The van der Waals surface area contributed by atoms with Gasteiger partial charge in [0.25, 0.3) is 5.91 Å². The van der Waals surface area contributed by atoms with Crippen LogP contribution in [0.2, 0.25) is 5.02 Å². The maximum atomic E-state index is 14.2. The van der Waals surface area contributed by atoms with E-state index in [2.05, 4.69) is 46.0 Å². The smallest absolute Gasteiger partial charge is 0.255 e. The number of halogens is 2. The Bertz CT molecular complexity index is 1270. The minimum atomic E-state index is -0.424. The summed E-state index contributed by atoms with van der Waals surface area (Å²) in [5.74, 6) is -0.654. The quantitative estimate of drug-likeness (QED) is 0.478. The van der Waals surface area contributed by atoms with E-state index in [4.69, 9.17) is 11.6 Å². The summed E-state index contributed by atoms with van der Waals surface area (Å²) in [5.41, 5.74) is 2.49. The Morgan fingerprint density at radius 2 is 2.03 bits per heavy atom. The molecule has 7 nitrogen and oxygen atoms in total. The Labute approximate surface area is 183 Å². The predicted octanol–water partition coefficient (Wildman–Crippen LogP) is 4.77. The fourth-order valence-corrected chi connectivity index (χ4v) is 3.12. The molecule has 0 aliphatic heterocycles. The van der Waals surface area contributed by atoms with Crippen molar-refractivity contribution >= 4 is 28.7 Å². The SMILES string of the molecule is C[C@H](NC(=O)c1c[nH]c2ncc(-c3cn(-c4cc(Cl)ccc4F)cn3)nc12)C(C)(C)C. The molecule has 0 saturated heterocycles. The summed E-state index contributed by atoms with van der Waals surface area (Å²) in [6.45, 7) is 8.14. The Morgan fingerprint density at radius 3 is 2.77 bits per heavy atom. The van der Waals surface area contributed by atoms with Gasteiger partial charge in [-0.25, -0.2) is 19.3 Å². The van der Waals surface area contributed by atoms with E-state index >= 15 is 0 Å². The average molecular weight is 441 g/mol. The fourth-order valence-electron chi connectivity index (χ4n) is 2.95. The second-order valence-corrected chi connectivity index (χ2v) is 8.91. The number of rotatable bonds is 4. The van der Waals surface area contributed by atoms with Gasteiger partial charge in [-0.2, -0.15) is 0 Å². The zero-order valence-corrected chi connectivity index (χ0v) is 18.3. The molecule has 160 valence electrons. The third-order valence-corrected chi connectivity index (χ3v) is 5.54. The lowest BCUT2D eigenvalue weighted by Gasteiger charge is -2.27. The number of fused-ring (bicyclic) bond motifs is 1. The van der Waals surface area contributed by atoms with Crippen LogP contribution in [0.1, 0.15) is 38.1 Å². The summed E-state index contributed by atoms with van der Waals surface area (Å²) >= 11 is 5.99. The Balaban J connectivity index is 1.67. The monoisotopic (exact) mass is 440 g/mol. The van der Waals surface area contributed by atoms with Crippen molar-refractivity contribution in [1.29, 1.82) is 0 Å². The molecular formula is C22H22ClFN6O. The highest BCUT2D eigenvalue weighted by Crippen LogP contribution is 2.24. The van der Waals surface area contributed by atoms with E-state index in [0.29, 0.717) is 33.1 Å². The van der Waals surface area contributed by atoms with Gasteiger partial charge in [0.05, 0.1) is 17.4 Å². The lowest BCUT2D eigenvalue weighted by atomic mass is 9.88. The number of imidazole rings is 1. The molecule has 3 heterocycles. The minimum Gasteiger partial charge on any atom is -0.349 e. The highest BCUT2D eigenvalue weighted by molar-refractivity contribution is 6.30. The van der Waals surface area contributed by atoms with Gasteiger partial charge >= 0.3 is 0 Å². The molecule has 31 heavy (non-hydrogen) atoms. The molecule has 0 bridgehead atoms. The molecule has 0 radical (unpaired) electrons. The van der Waals surface area contributed by atoms with Crippen molar-refractivity contribution in [3.63, 3.8) is 0 Å². The highest BCUT2D eigenvalue weighted by atomic mass is 35.5. The standard InChI is InChI=1S/C22H22ClFN6O/c1-12(22(2,3)4)28-21(31)14-8-25-20-19(14)29-16(9-26-20)17-10-30(11-27-17)18-7-13(23)5-6-15(18)24/h5-12H,1-4H3,(H,25,26)(H,28,31)/t12-/m0/s1. The Kier molecular flexibility index (Phi) is 5.26. The molecule has 3 aromatic heterocycles. The van der Waals surface area contributed by atoms with E-state index in [1.54, 1.807) is 18.6 Å². The van der Waals surface area contributed by atoms with Crippen molar-refractivity contribution < 1.29 is 9.18 Å². The van der Waals surface area contributed by atoms with Gasteiger partial charge in [0, 0.05) is 23.5 Å². The Hall–Kier alpha value is -3.26. The van der Waals surface area contributed by atoms with Crippen LogP contribution >= 0.6 is 11.6 Å². The van der Waals surface area contributed by atoms with E-state index < -0.39 is 5.82 Å². The molecule has 0 unspecified atom stereocenters. The lowest BCUT2D eigenvalue weighted by Crippen LogP contribution is -2.41. The summed E-state index contributed by atoms with van der Waals surface area (Å²) < 4.78 is 15.7. The summed E-state index contributed by atoms with van der Waals surface area (Å²) in [6, 6.07) is 4.26. The fraction of sp³-hybridized carbons (Fsp3) is 0.273. The third kappa shape index (κ3) is 4.16. The van der Waals surface area contributed by atoms with Gasteiger partial charge in [0.2, 0.25) is 0 Å². The second-order valence-electron chi connectivity index (χ2n) is 8.48. The highest BCUT2D eigenvalue weighted by Gasteiger charge is 2.24. The first-order valence-corrected chi connectivity index (χ1v) is 10.2. The molecule has 0 aliphatic rings. The summed E-state index contributed by atoms with van der Waals surface area (Å²) in [6.07, 6.45) is 6.27. The van der Waals surface area contributed by atoms with Crippen LogP contribution in [0, 0.1) is 11.2 Å². The molecule has 2 N–H and O–H groups in total. The molecule has 4 aromatic rings. The van der Waals surface area contributed by atoms with Gasteiger partial charge in [-0.1, -0.05) is 32.4 Å². The van der Waals surface area contributed by atoms with Crippen LogP contribution in [0.3, 0.4) is 0 Å². The van der Waals surface area contributed by atoms with Gasteiger partial charge in [0.15, 0.2) is 5.65 Å². The number of hydrogen-bond acceptors (Lipinski definition) is 4. The number of aromatic nitrogens is 5. The molecule has 1 amide bonds. The van der Waals surface area contributed by atoms with E-state index in [9.17, 15) is 9.18 Å². The molecule has 1 atom stereocenters. The molecular weight excluding hydrogens is 419 g/mol. The number of nitrogens with one attached hydrogen (secondary N) is 2. The van der Waals surface area contributed by atoms with E-state index in [0.717, 1.165) is 0 Å². The van der Waals surface area contributed by atoms with Crippen LogP contribution in [-0.2, 0) is 0 Å². The minimum absolute atomic E-state index is 0.0376. The number of amides is 1. The van der Waals surface area contributed by atoms with Crippen LogP contribution in [0.15, 0.2) is 43.1 Å².